The van der Waals surface area contributed by atoms with E-state index >= 15 is 0 Å². The zero-order valence-corrected chi connectivity index (χ0v) is 8.80. The number of benzene rings is 1. The highest BCUT2D eigenvalue weighted by Crippen LogP contribution is 2.28. The molecular weight excluding hydrogens is 194 g/mol. The Morgan fingerprint density at radius 3 is 2.93 bits per heavy atom. The van der Waals surface area contributed by atoms with E-state index in [0.29, 0.717) is 0 Å². The molecule has 3 aromatic rings. The first-order valence-electron chi connectivity index (χ1n) is 4.47. The number of para-hydroxylation sites is 1. The van der Waals surface area contributed by atoms with Crippen LogP contribution in [-0.4, -0.2) is 14.6 Å². The Balaban J connectivity index is 2.68. The molecule has 0 aliphatic carbocycles. The number of nitrogens with zero attached hydrogens (tertiary/aromatic N) is 3. The average molecular weight is 203 g/mol. The summed E-state index contributed by atoms with van der Waals surface area (Å²) >= 11 is 1.69. The van der Waals surface area contributed by atoms with Crippen LogP contribution in [0.5, 0.6) is 0 Å². The third-order valence-corrected chi connectivity index (χ3v) is 3.42. The second-order valence-electron chi connectivity index (χ2n) is 3.39. The van der Waals surface area contributed by atoms with Gasteiger partial charge in [0.15, 0.2) is 0 Å². The van der Waals surface area contributed by atoms with E-state index in [0.717, 1.165) is 10.8 Å². The van der Waals surface area contributed by atoms with Crippen molar-refractivity contribution in [3.63, 3.8) is 0 Å². The molecule has 14 heavy (non-hydrogen) atoms. The summed E-state index contributed by atoms with van der Waals surface area (Å²) in [4.78, 5) is 0.979. The molecule has 0 radical (unpaired) electrons. The van der Waals surface area contributed by atoms with Gasteiger partial charge >= 0.3 is 0 Å². The Morgan fingerprint density at radius 1 is 1.21 bits per heavy atom. The van der Waals surface area contributed by atoms with E-state index in [1.807, 2.05) is 6.92 Å². The largest absolute Gasteiger partial charge is 0.269 e. The number of thiazole rings is 1. The normalized spacial score (nSPS) is 11.6. The first-order chi connectivity index (χ1) is 6.77. The highest BCUT2D eigenvalue weighted by molar-refractivity contribution is 7.23. The SMILES string of the molecule is Cc1cccc2sc3nnc(C)n3c12. The van der Waals surface area contributed by atoms with E-state index in [1.165, 1.54) is 15.8 Å². The molecular formula is C10H9N3S. The number of hydrogen-bond acceptors (Lipinski definition) is 3. The van der Waals surface area contributed by atoms with E-state index in [1.54, 1.807) is 11.3 Å². The molecule has 0 spiro atoms. The Labute approximate surface area is 85.0 Å². The van der Waals surface area contributed by atoms with Gasteiger partial charge in [0.25, 0.3) is 0 Å². The fourth-order valence-corrected chi connectivity index (χ4v) is 2.85. The van der Waals surface area contributed by atoms with Gasteiger partial charge in [0.2, 0.25) is 4.96 Å². The van der Waals surface area contributed by atoms with E-state index in [-0.39, 0.29) is 0 Å². The van der Waals surface area contributed by atoms with Crippen LogP contribution in [0, 0.1) is 13.8 Å². The summed E-state index contributed by atoms with van der Waals surface area (Å²) in [6, 6.07) is 6.32. The van der Waals surface area contributed by atoms with Crippen molar-refractivity contribution in [1.82, 2.24) is 14.6 Å². The molecule has 0 amide bonds. The molecule has 0 atom stereocenters. The third kappa shape index (κ3) is 0.861. The maximum absolute atomic E-state index is 4.13. The molecule has 2 heterocycles. The summed E-state index contributed by atoms with van der Waals surface area (Å²) in [6.07, 6.45) is 0. The summed E-state index contributed by atoms with van der Waals surface area (Å²) in [5.41, 5.74) is 2.52. The molecule has 0 saturated heterocycles. The minimum atomic E-state index is 0.959. The molecule has 1 aromatic carbocycles. The molecule has 70 valence electrons. The fraction of sp³-hybridized carbons (Fsp3) is 0.200. The molecule has 2 aromatic heterocycles. The lowest BCUT2D eigenvalue weighted by atomic mass is 10.2. The summed E-state index contributed by atoms with van der Waals surface area (Å²) in [5.74, 6) is 0.959. The standard InChI is InChI=1S/C10H9N3S/c1-6-4-3-5-8-9(6)13-7(2)11-12-10(13)14-8/h3-5H,1-2H3. The first-order valence-corrected chi connectivity index (χ1v) is 5.29. The molecule has 4 heteroatoms. The third-order valence-electron chi connectivity index (χ3n) is 2.42. The Bertz CT molecular complexity index is 621. The summed E-state index contributed by atoms with van der Waals surface area (Å²) in [5, 5.41) is 8.20. The van der Waals surface area contributed by atoms with Gasteiger partial charge in [-0.3, -0.25) is 4.40 Å². The first kappa shape index (κ1) is 7.94. The van der Waals surface area contributed by atoms with E-state index in [9.17, 15) is 0 Å². The number of rotatable bonds is 0. The van der Waals surface area contributed by atoms with Crippen LogP contribution in [0.3, 0.4) is 0 Å². The van der Waals surface area contributed by atoms with Gasteiger partial charge in [-0.05, 0) is 25.5 Å². The van der Waals surface area contributed by atoms with Crippen molar-refractivity contribution in [1.29, 1.82) is 0 Å². The topological polar surface area (TPSA) is 30.2 Å². The van der Waals surface area contributed by atoms with Gasteiger partial charge < -0.3 is 0 Å². The summed E-state index contributed by atoms with van der Waals surface area (Å²) in [6.45, 7) is 4.10. The molecule has 0 saturated carbocycles. The molecule has 0 N–H and O–H groups in total. The second kappa shape index (κ2) is 2.54. The Hall–Kier alpha value is -1.42. The van der Waals surface area contributed by atoms with E-state index < -0.39 is 0 Å². The van der Waals surface area contributed by atoms with Crippen molar-refractivity contribution in [3.05, 3.63) is 29.6 Å². The van der Waals surface area contributed by atoms with Crippen molar-refractivity contribution in [2.45, 2.75) is 13.8 Å². The Morgan fingerprint density at radius 2 is 2.07 bits per heavy atom. The number of fused-ring (bicyclic) bond motifs is 3. The van der Waals surface area contributed by atoms with Gasteiger partial charge in [0.1, 0.15) is 5.82 Å². The van der Waals surface area contributed by atoms with Crippen LogP contribution >= 0.6 is 11.3 Å². The van der Waals surface area contributed by atoms with Crippen molar-refractivity contribution in [2.75, 3.05) is 0 Å². The number of hydrogen-bond donors (Lipinski definition) is 0. The van der Waals surface area contributed by atoms with Gasteiger partial charge in [0, 0.05) is 0 Å². The fourth-order valence-electron chi connectivity index (χ4n) is 1.77. The molecule has 0 fully saturated rings. The molecule has 0 unspecified atom stereocenters. The molecule has 3 nitrogen and oxygen atoms in total. The lowest BCUT2D eigenvalue weighted by molar-refractivity contribution is 1.02. The minimum absolute atomic E-state index is 0.959. The van der Waals surface area contributed by atoms with Gasteiger partial charge in [-0.25, -0.2) is 0 Å². The van der Waals surface area contributed by atoms with E-state index in [2.05, 4.69) is 39.7 Å². The van der Waals surface area contributed by atoms with Crippen LogP contribution in [-0.2, 0) is 0 Å². The monoisotopic (exact) mass is 203 g/mol. The van der Waals surface area contributed by atoms with Crippen LogP contribution in [0.15, 0.2) is 18.2 Å². The van der Waals surface area contributed by atoms with Crippen LogP contribution in [0.1, 0.15) is 11.4 Å². The van der Waals surface area contributed by atoms with Gasteiger partial charge in [0.05, 0.1) is 10.2 Å². The van der Waals surface area contributed by atoms with Crippen molar-refractivity contribution >= 4 is 26.5 Å². The summed E-state index contributed by atoms with van der Waals surface area (Å²) in [7, 11) is 0. The predicted molar refractivity (Wildman–Crippen MR) is 57.8 cm³/mol. The lowest BCUT2D eigenvalue weighted by Gasteiger charge is -1.96. The van der Waals surface area contributed by atoms with Crippen molar-refractivity contribution in [3.8, 4) is 0 Å². The smallest absolute Gasteiger partial charge is 0.217 e. The Kier molecular flexibility index (Phi) is 1.44. The van der Waals surface area contributed by atoms with Crippen molar-refractivity contribution < 1.29 is 0 Å². The van der Waals surface area contributed by atoms with Gasteiger partial charge in [-0.15, -0.1) is 10.2 Å². The average Bonchev–Trinajstić information content (AvgIpc) is 2.67. The number of aromatic nitrogens is 3. The zero-order chi connectivity index (χ0) is 9.71. The molecule has 0 aliphatic heterocycles. The van der Waals surface area contributed by atoms with Gasteiger partial charge in [-0.2, -0.15) is 0 Å². The molecule has 0 aliphatic rings. The summed E-state index contributed by atoms with van der Waals surface area (Å²) < 4.78 is 3.40. The molecule has 3 rings (SSSR count). The lowest BCUT2D eigenvalue weighted by Crippen LogP contribution is -1.87. The molecule has 0 bridgehead atoms. The van der Waals surface area contributed by atoms with Crippen LogP contribution in [0.4, 0.5) is 0 Å². The maximum atomic E-state index is 4.13. The number of aryl methyl sites for hydroxylation is 2. The highest BCUT2D eigenvalue weighted by atomic mass is 32.1. The second-order valence-corrected chi connectivity index (χ2v) is 4.40. The van der Waals surface area contributed by atoms with E-state index in [4.69, 9.17) is 0 Å². The zero-order valence-electron chi connectivity index (χ0n) is 7.98. The van der Waals surface area contributed by atoms with Crippen molar-refractivity contribution in [2.24, 2.45) is 0 Å². The van der Waals surface area contributed by atoms with Crippen LogP contribution in [0.2, 0.25) is 0 Å². The minimum Gasteiger partial charge on any atom is -0.269 e. The highest BCUT2D eigenvalue weighted by Gasteiger charge is 2.10. The van der Waals surface area contributed by atoms with Crippen LogP contribution < -0.4 is 0 Å². The predicted octanol–water partition coefficient (Wildman–Crippen LogP) is 2.56. The quantitative estimate of drug-likeness (QED) is 0.562. The van der Waals surface area contributed by atoms with Crippen LogP contribution in [0.25, 0.3) is 15.2 Å². The van der Waals surface area contributed by atoms with Gasteiger partial charge in [-0.1, -0.05) is 23.5 Å². The maximum Gasteiger partial charge on any atom is 0.217 e.